The second kappa shape index (κ2) is 4.29. The van der Waals surface area contributed by atoms with E-state index >= 15 is 0 Å². The van der Waals surface area contributed by atoms with Crippen molar-refractivity contribution in [3.8, 4) is 0 Å². The van der Waals surface area contributed by atoms with Crippen molar-refractivity contribution in [1.29, 1.82) is 0 Å². The molecule has 6 heteroatoms. The van der Waals surface area contributed by atoms with E-state index in [0.29, 0.717) is 6.04 Å². The van der Waals surface area contributed by atoms with Gasteiger partial charge in [0.05, 0.1) is 19.3 Å². The van der Waals surface area contributed by atoms with Crippen LogP contribution in [0.15, 0.2) is 0 Å². The van der Waals surface area contributed by atoms with Gasteiger partial charge in [-0.25, -0.2) is 4.79 Å². The van der Waals surface area contributed by atoms with E-state index < -0.39 is 17.9 Å². The molecule has 2 rings (SSSR count). The second-order valence-corrected chi connectivity index (χ2v) is 4.38. The molecule has 2 amide bonds. The number of aliphatic carboxylic acids is 1. The van der Waals surface area contributed by atoms with E-state index in [0.717, 1.165) is 12.8 Å². The maximum absolute atomic E-state index is 11.7. The Balaban J connectivity index is 1.88. The Hall–Kier alpha value is -1.30. The third-order valence-electron chi connectivity index (χ3n) is 3.12. The van der Waals surface area contributed by atoms with Crippen molar-refractivity contribution in [2.45, 2.75) is 24.9 Å². The van der Waals surface area contributed by atoms with Crippen LogP contribution in [0.5, 0.6) is 0 Å². The molecule has 0 radical (unpaired) electrons. The quantitative estimate of drug-likeness (QED) is 0.706. The molecule has 1 saturated heterocycles. The van der Waals surface area contributed by atoms with Crippen molar-refractivity contribution in [2.75, 3.05) is 20.3 Å². The van der Waals surface area contributed by atoms with Crippen molar-refractivity contribution in [3.05, 3.63) is 0 Å². The highest BCUT2D eigenvalue weighted by atomic mass is 16.5. The number of urea groups is 1. The number of carboxylic acid groups (broad SMARTS) is 1. The summed E-state index contributed by atoms with van der Waals surface area (Å²) < 4.78 is 5.07. The number of amides is 2. The SMILES string of the molecule is CN(C(=O)NC1COCC1C(=O)O)C1CC1. The molecule has 2 fully saturated rings. The summed E-state index contributed by atoms with van der Waals surface area (Å²) in [6.45, 7) is 0.453. The monoisotopic (exact) mass is 228 g/mol. The summed E-state index contributed by atoms with van der Waals surface area (Å²) in [5.74, 6) is -1.55. The minimum Gasteiger partial charge on any atom is -0.481 e. The molecule has 1 saturated carbocycles. The molecule has 2 unspecified atom stereocenters. The zero-order valence-electron chi connectivity index (χ0n) is 9.18. The first kappa shape index (κ1) is 11.2. The fraction of sp³-hybridized carbons (Fsp3) is 0.800. The molecule has 1 heterocycles. The average molecular weight is 228 g/mol. The number of hydrogen-bond acceptors (Lipinski definition) is 3. The van der Waals surface area contributed by atoms with E-state index in [2.05, 4.69) is 5.32 Å². The van der Waals surface area contributed by atoms with E-state index in [1.165, 1.54) is 0 Å². The van der Waals surface area contributed by atoms with E-state index in [4.69, 9.17) is 9.84 Å². The molecule has 6 nitrogen and oxygen atoms in total. The van der Waals surface area contributed by atoms with Gasteiger partial charge in [-0.2, -0.15) is 0 Å². The van der Waals surface area contributed by atoms with Crippen molar-refractivity contribution in [1.82, 2.24) is 10.2 Å². The van der Waals surface area contributed by atoms with Gasteiger partial charge >= 0.3 is 12.0 Å². The zero-order valence-corrected chi connectivity index (χ0v) is 9.18. The van der Waals surface area contributed by atoms with Crippen LogP contribution in [-0.4, -0.2) is 54.4 Å². The molecule has 16 heavy (non-hydrogen) atoms. The summed E-state index contributed by atoms with van der Waals surface area (Å²) in [4.78, 5) is 24.2. The Morgan fingerprint density at radius 3 is 2.62 bits per heavy atom. The van der Waals surface area contributed by atoms with E-state index in [1.54, 1.807) is 11.9 Å². The normalized spacial score (nSPS) is 28.8. The third-order valence-corrected chi connectivity index (χ3v) is 3.12. The fourth-order valence-corrected chi connectivity index (χ4v) is 1.83. The van der Waals surface area contributed by atoms with Gasteiger partial charge in [0.1, 0.15) is 5.92 Å². The largest absolute Gasteiger partial charge is 0.481 e. The molecule has 0 aromatic carbocycles. The number of nitrogens with one attached hydrogen (secondary N) is 1. The highest BCUT2D eigenvalue weighted by Crippen LogP contribution is 2.25. The number of nitrogens with zero attached hydrogens (tertiary/aromatic N) is 1. The van der Waals surface area contributed by atoms with Gasteiger partial charge in [-0.1, -0.05) is 0 Å². The number of carbonyl (C=O) groups excluding carboxylic acids is 1. The molecular formula is C10H16N2O4. The van der Waals surface area contributed by atoms with Gasteiger partial charge in [0.2, 0.25) is 0 Å². The lowest BCUT2D eigenvalue weighted by Crippen LogP contribution is -2.48. The summed E-state index contributed by atoms with van der Waals surface area (Å²) in [6, 6.07) is -0.291. The van der Waals surface area contributed by atoms with Gasteiger partial charge in [0, 0.05) is 13.1 Å². The van der Waals surface area contributed by atoms with Crippen molar-refractivity contribution >= 4 is 12.0 Å². The van der Waals surface area contributed by atoms with Crippen LogP contribution in [-0.2, 0) is 9.53 Å². The van der Waals surface area contributed by atoms with Crippen LogP contribution in [0.4, 0.5) is 4.79 Å². The summed E-state index contributed by atoms with van der Waals surface area (Å²) >= 11 is 0. The number of ether oxygens (including phenoxy) is 1. The van der Waals surface area contributed by atoms with E-state index in [1.807, 2.05) is 0 Å². The van der Waals surface area contributed by atoms with Crippen molar-refractivity contribution in [2.24, 2.45) is 5.92 Å². The minimum atomic E-state index is -0.920. The number of hydrogen-bond donors (Lipinski definition) is 2. The van der Waals surface area contributed by atoms with Gasteiger partial charge in [0.15, 0.2) is 0 Å². The molecule has 2 N–H and O–H groups in total. The Morgan fingerprint density at radius 1 is 1.38 bits per heavy atom. The molecule has 1 aliphatic carbocycles. The van der Waals surface area contributed by atoms with Crippen LogP contribution >= 0.6 is 0 Å². The maximum Gasteiger partial charge on any atom is 0.317 e. The standard InChI is InChI=1S/C10H16N2O4/c1-12(6-2-3-6)10(15)11-8-5-16-4-7(8)9(13)14/h6-8H,2-5H2,1H3,(H,11,15)(H,13,14). The first-order chi connectivity index (χ1) is 7.59. The maximum atomic E-state index is 11.7. The number of carbonyl (C=O) groups is 2. The van der Waals surface area contributed by atoms with Crippen LogP contribution in [0, 0.1) is 5.92 Å². The van der Waals surface area contributed by atoms with Crippen LogP contribution in [0.3, 0.4) is 0 Å². The molecule has 90 valence electrons. The second-order valence-electron chi connectivity index (χ2n) is 4.38. The minimum absolute atomic E-state index is 0.174. The van der Waals surface area contributed by atoms with Gasteiger partial charge < -0.3 is 20.1 Å². The van der Waals surface area contributed by atoms with Crippen LogP contribution in [0.1, 0.15) is 12.8 Å². The Labute approximate surface area is 93.6 Å². The summed E-state index contributed by atoms with van der Waals surface area (Å²) in [5.41, 5.74) is 0. The lowest BCUT2D eigenvalue weighted by molar-refractivity contribution is -0.142. The molecule has 0 spiro atoms. The fourth-order valence-electron chi connectivity index (χ4n) is 1.83. The molecular weight excluding hydrogens is 212 g/mol. The summed E-state index contributed by atoms with van der Waals surface area (Å²) in [6.07, 6.45) is 2.07. The third kappa shape index (κ3) is 2.27. The average Bonchev–Trinajstić information content (AvgIpc) is 2.97. The van der Waals surface area contributed by atoms with Crippen molar-refractivity contribution < 1.29 is 19.4 Å². The predicted octanol–water partition coefficient (Wildman–Crippen LogP) is -0.110. The molecule has 2 aliphatic rings. The molecule has 1 aliphatic heterocycles. The molecule has 0 aromatic rings. The Bertz CT molecular complexity index is 303. The van der Waals surface area contributed by atoms with Crippen LogP contribution in [0.25, 0.3) is 0 Å². The van der Waals surface area contributed by atoms with Gasteiger partial charge in [0.25, 0.3) is 0 Å². The van der Waals surface area contributed by atoms with E-state index in [-0.39, 0.29) is 19.2 Å². The first-order valence-corrected chi connectivity index (χ1v) is 5.43. The smallest absolute Gasteiger partial charge is 0.317 e. The summed E-state index contributed by atoms with van der Waals surface area (Å²) in [7, 11) is 1.73. The van der Waals surface area contributed by atoms with Crippen molar-refractivity contribution in [3.63, 3.8) is 0 Å². The molecule has 2 atom stereocenters. The lowest BCUT2D eigenvalue weighted by Gasteiger charge is -2.21. The predicted molar refractivity (Wildman–Crippen MR) is 55.0 cm³/mol. The summed E-state index contributed by atoms with van der Waals surface area (Å²) in [5, 5.41) is 11.6. The topological polar surface area (TPSA) is 78.9 Å². The lowest BCUT2D eigenvalue weighted by atomic mass is 10.0. The zero-order chi connectivity index (χ0) is 11.7. The highest BCUT2D eigenvalue weighted by molar-refractivity contribution is 5.77. The molecule has 0 bridgehead atoms. The number of carboxylic acids is 1. The Kier molecular flexibility index (Phi) is 3.00. The van der Waals surface area contributed by atoms with Gasteiger partial charge in [-0.3, -0.25) is 4.79 Å². The van der Waals surface area contributed by atoms with Crippen LogP contribution in [0.2, 0.25) is 0 Å². The van der Waals surface area contributed by atoms with Gasteiger partial charge in [-0.05, 0) is 12.8 Å². The van der Waals surface area contributed by atoms with E-state index in [9.17, 15) is 9.59 Å². The first-order valence-electron chi connectivity index (χ1n) is 5.43. The van der Waals surface area contributed by atoms with Gasteiger partial charge in [-0.15, -0.1) is 0 Å². The Morgan fingerprint density at radius 2 is 2.06 bits per heavy atom. The molecule has 0 aromatic heterocycles. The highest BCUT2D eigenvalue weighted by Gasteiger charge is 2.37. The number of rotatable bonds is 3. The van der Waals surface area contributed by atoms with Crippen LogP contribution < -0.4 is 5.32 Å².